The van der Waals surface area contributed by atoms with Crippen LogP contribution in [-0.2, 0) is 15.6 Å². The van der Waals surface area contributed by atoms with Crippen LogP contribution < -0.4 is 5.73 Å². The molecular weight excluding hydrogens is 298 g/mol. The summed E-state index contributed by atoms with van der Waals surface area (Å²) in [6.45, 7) is 0. The highest BCUT2D eigenvalue weighted by Gasteiger charge is 2.19. The van der Waals surface area contributed by atoms with Gasteiger partial charge >= 0.3 is 0 Å². The van der Waals surface area contributed by atoms with Crippen molar-refractivity contribution in [3.05, 3.63) is 66.2 Å². The standard InChI is InChI=1S/C17H15NO3S/c18-15-10-9-13-14(17(15)19)7-4-8-16(13)22(20,21)11-12-5-2-1-3-6-12/h1-10,19H,11,18H2. The Kier molecular flexibility index (Phi) is 3.50. The second-order valence-electron chi connectivity index (χ2n) is 5.10. The Bertz CT molecular complexity index is 935. The topological polar surface area (TPSA) is 80.4 Å². The van der Waals surface area contributed by atoms with E-state index in [0.717, 1.165) is 5.56 Å². The molecule has 0 heterocycles. The molecule has 3 rings (SSSR count). The number of benzene rings is 3. The summed E-state index contributed by atoms with van der Waals surface area (Å²) in [6, 6.07) is 17.0. The van der Waals surface area contributed by atoms with Gasteiger partial charge in [0.25, 0.3) is 0 Å². The number of nitrogen functional groups attached to an aromatic ring is 1. The lowest BCUT2D eigenvalue weighted by Gasteiger charge is -2.10. The molecule has 0 atom stereocenters. The fraction of sp³-hybridized carbons (Fsp3) is 0.0588. The summed E-state index contributed by atoms with van der Waals surface area (Å²) in [5.41, 5.74) is 6.62. The predicted octanol–water partition coefficient (Wildman–Crippen LogP) is 3.10. The summed E-state index contributed by atoms with van der Waals surface area (Å²) >= 11 is 0. The summed E-state index contributed by atoms with van der Waals surface area (Å²) in [5, 5.41) is 10.9. The van der Waals surface area contributed by atoms with E-state index in [0.29, 0.717) is 10.8 Å². The van der Waals surface area contributed by atoms with E-state index in [-0.39, 0.29) is 22.1 Å². The molecule has 0 fully saturated rings. The molecule has 0 spiro atoms. The summed E-state index contributed by atoms with van der Waals surface area (Å²) in [4.78, 5) is 0.198. The Morgan fingerprint density at radius 2 is 1.59 bits per heavy atom. The molecule has 0 saturated carbocycles. The number of phenolic OH excluding ortho intramolecular Hbond substituents is 1. The van der Waals surface area contributed by atoms with Crippen LogP contribution >= 0.6 is 0 Å². The molecule has 3 aromatic carbocycles. The summed E-state index contributed by atoms with van der Waals surface area (Å²) in [6.07, 6.45) is 0. The molecular formula is C17H15NO3S. The number of phenols is 1. The first-order valence-electron chi connectivity index (χ1n) is 6.76. The van der Waals surface area contributed by atoms with E-state index in [1.165, 1.54) is 6.07 Å². The normalized spacial score (nSPS) is 11.6. The molecule has 3 aromatic rings. The largest absolute Gasteiger partial charge is 0.505 e. The van der Waals surface area contributed by atoms with Crippen LogP contribution in [0.3, 0.4) is 0 Å². The molecule has 0 aliphatic carbocycles. The molecule has 0 aromatic heterocycles. The molecule has 3 N–H and O–H groups in total. The number of rotatable bonds is 3. The quantitative estimate of drug-likeness (QED) is 0.575. The highest BCUT2D eigenvalue weighted by Crippen LogP contribution is 2.34. The number of anilines is 1. The van der Waals surface area contributed by atoms with Crippen LogP contribution in [0.2, 0.25) is 0 Å². The highest BCUT2D eigenvalue weighted by atomic mass is 32.2. The van der Waals surface area contributed by atoms with E-state index < -0.39 is 9.84 Å². The van der Waals surface area contributed by atoms with E-state index in [9.17, 15) is 13.5 Å². The minimum Gasteiger partial charge on any atom is -0.505 e. The van der Waals surface area contributed by atoms with Crippen LogP contribution in [-0.4, -0.2) is 13.5 Å². The first-order valence-corrected chi connectivity index (χ1v) is 8.41. The van der Waals surface area contributed by atoms with Gasteiger partial charge in [0, 0.05) is 10.8 Å². The molecule has 0 aliphatic heterocycles. The van der Waals surface area contributed by atoms with Crippen LogP contribution in [0.1, 0.15) is 5.56 Å². The van der Waals surface area contributed by atoms with E-state index in [1.54, 1.807) is 48.5 Å². The Morgan fingerprint density at radius 3 is 2.32 bits per heavy atom. The maximum atomic E-state index is 12.7. The zero-order valence-corrected chi connectivity index (χ0v) is 12.5. The second-order valence-corrected chi connectivity index (χ2v) is 7.06. The maximum absolute atomic E-state index is 12.7. The van der Waals surface area contributed by atoms with Gasteiger partial charge in [-0.2, -0.15) is 0 Å². The lowest BCUT2D eigenvalue weighted by atomic mass is 10.1. The fourth-order valence-electron chi connectivity index (χ4n) is 2.47. The number of fused-ring (bicyclic) bond motifs is 1. The Labute approximate surface area is 128 Å². The van der Waals surface area contributed by atoms with Gasteiger partial charge in [0.1, 0.15) is 5.75 Å². The van der Waals surface area contributed by atoms with Crippen LogP contribution in [0.15, 0.2) is 65.6 Å². The number of nitrogens with two attached hydrogens (primary N) is 1. The van der Waals surface area contributed by atoms with Crippen molar-refractivity contribution in [3.63, 3.8) is 0 Å². The average Bonchev–Trinajstić information content (AvgIpc) is 2.51. The van der Waals surface area contributed by atoms with Crippen LogP contribution in [0.5, 0.6) is 5.75 Å². The minimum atomic E-state index is -3.52. The van der Waals surface area contributed by atoms with Crippen LogP contribution in [0.25, 0.3) is 10.8 Å². The van der Waals surface area contributed by atoms with Crippen molar-refractivity contribution in [1.29, 1.82) is 0 Å². The molecule has 0 radical (unpaired) electrons. The Morgan fingerprint density at radius 1 is 0.864 bits per heavy atom. The van der Waals surface area contributed by atoms with Gasteiger partial charge in [-0.05, 0) is 17.7 Å². The zero-order valence-electron chi connectivity index (χ0n) is 11.7. The monoisotopic (exact) mass is 313 g/mol. The van der Waals surface area contributed by atoms with Crippen molar-refractivity contribution < 1.29 is 13.5 Å². The number of sulfone groups is 1. The third-order valence-corrected chi connectivity index (χ3v) is 5.30. The van der Waals surface area contributed by atoms with Crippen LogP contribution in [0.4, 0.5) is 5.69 Å². The molecule has 4 nitrogen and oxygen atoms in total. The molecule has 112 valence electrons. The van der Waals surface area contributed by atoms with Crippen molar-refractivity contribution in [2.75, 3.05) is 5.73 Å². The predicted molar refractivity (Wildman–Crippen MR) is 87.4 cm³/mol. The van der Waals surface area contributed by atoms with Gasteiger partial charge < -0.3 is 10.8 Å². The Hall–Kier alpha value is -2.53. The third-order valence-electron chi connectivity index (χ3n) is 3.56. The lowest BCUT2D eigenvalue weighted by molar-refractivity contribution is 0.484. The lowest BCUT2D eigenvalue weighted by Crippen LogP contribution is -2.05. The van der Waals surface area contributed by atoms with Gasteiger partial charge in [0.2, 0.25) is 0 Å². The SMILES string of the molecule is Nc1ccc2c(S(=O)(=O)Cc3ccccc3)cccc2c1O. The molecule has 0 amide bonds. The summed E-state index contributed by atoms with van der Waals surface area (Å²) < 4.78 is 25.4. The Balaban J connectivity index is 2.16. The smallest absolute Gasteiger partial charge is 0.183 e. The van der Waals surface area contributed by atoms with Crippen molar-refractivity contribution in [2.24, 2.45) is 0 Å². The minimum absolute atomic E-state index is 0.0852. The molecule has 0 saturated heterocycles. The molecule has 22 heavy (non-hydrogen) atoms. The second kappa shape index (κ2) is 5.35. The van der Waals surface area contributed by atoms with Crippen molar-refractivity contribution >= 4 is 26.3 Å². The highest BCUT2D eigenvalue weighted by molar-refractivity contribution is 7.90. The van der Waals surface area contributed by atoms with Gasteiger partial charge in [-0.1, -0.05) is 48.5 Å². The number of hydrogen-bond donors (Lipinski definition) is 2. The van der Waals surface area contributed by atoms with E-state index in [2.05, 4.69) is 0 Å². The summed E-state index contributed by atoms with van der Waals surface area (Å²) in [7, 11) is -3.52. The van der Waals surface area contributed by atoms with Gasteiger partial charge in [-0.25, -0.2) is 8.42 Å². The van der Waals surface area contributed by atoms with Crippen molar-refractivity contribution in [1.82, 2.24) is 0 Å². The zero-order chi connectivity index (χ0) is 15.7. The first-order chi connectivity index (χ1) is 10.5. The molecule has 0 aliphatic rings. The number of aromatic hydroxyl groups is 1. The molecule has 5 heteroatoms. The van der Waals surface area contributed by atoms with E-state index in [1.807, 2.05) is 6.07 Å². The van der Waals surface area contributed by atoms with Gasteiger partial charge in [0.15, 0.2) is 9.84 Å². The van der Waals surface area contributed by atoms with Gasteiger partial charge in [0.05, 0.1) is 16.3 Å². The van der Waals surface area contributed by atoms with Crippen molar-refractivity contribution in [2.45, 2.75) is 10.6 Å². The molecule has 0 unspecified atom stereocenters. The van der Waals surface area contributed by atoms with E-state index >= 15 is 0 Å². The average molecular weight is 313 g/mol. The van der Waals surface area contributed by atoms with Gasteiger partial charge in [-0.15, -0.1) is 0 Å². The maximum Gasteiger partial charge on any atom is 0.183 e. The van der Waals surface area contributed by atoms with Crippen molar-refractivity contribution in [3.8, 4) is 5.75 Å². The molecule has 0 bridgehead atoms. The first kappa shape index (κ1) is 14.4. The van der Waals surface area contributed by atoms with E-state index in [4.69, 9.17) is 5.73 Å². The van der Waals surface area contributed by atoms with Gasteiger partial charge in [-0.3, -0.25) is 0 Å². The van der Waals surface area contributed by atoms with Crippen LogP contribution in [0, 0.1) is 0 Å². The fourth-order valence-corrected chi connectivity index (χ4v) is 4.06. The third kappa shape index (κ3) is 2.51. The number of hydrogen-bond acceptors (Lipinski definition) is 4. The summed E-state index contributed by atoms with van der Waals surface area (Å²) in [5.74, 6) is -0.174.